The summed E-state index contributed by atoms with van der Waals surface area (Å²) in [5.74, 6) is 0. The van der Waals surface area contributed by atoms with Crippen molar-refractivity contribution in [3.63, 3.8) is 0 Å². The maximum Gasteiger partial charge on any atom is 0.415 e. The maximum absolute atomic E-state index is 11.3. The molecular weight excluding hydrogens is 420 g/mol. The second kappa shape index (κ2) is 6.31. The van der Waals surface area contributed by atoms with Crippen LogP contribution in [0.25, 0.3) is 0 Å². The molecule has 0 aromatic heterocycles. The van der Waals surface area contributed by atoms with Gasteiger partial charge in [0.05, 0.1) is 0 Å². The van der Waals surface area contributed by atoms with Gasteiger partial charge in [-0.05, 0) is 0 Å². The van der Waals surface area contributed by atoms with E-state index in [1.807, 2.05) is 0 Å². The Morgan fingerprint density at radius 2 is 0.917 bits per heavy atom. The number of aliphatic hydroxyl groups is 6. The average Bonchev–Trinajstić information content (AvgIpc) is 2.47. The van der Waals surface area contributed by atoms with E-state index in [0.717, 1.165) is 0 Å². The summed E-state index contributed by atoms with van der Waals surface area (Å²) < 4.78 is 44.9. The summed E-state index contributed by atoms with van der Waals surface area (Å²) in [5.41, 5.74) is 0. The highest BCUT2D eigenvalue weighted by Crippen LogP contribution is 2.68. The Kier molecular flexibility index (Phi) is 5.80. The molecule has 1 saturated carbocycles. The van der Waals surface area contributed by atoms with Crippen LogP contribution in [0.4, 0.5) is 0 Å². The number of rotatable bonds is 4. The fourth-order valence-corrected chi connectivity index (χ4v) is 6.79. The summed E-state index contributed by atoms with van der Waals surface area (Å²) in [7, 11) is -19.2. The third kappa shape index (κ3) is 2.23. The van der Waals surface area contributed by atoms with Gasteiger partial charge in [0.15, 0.2) is 0 Å². The highest BCUT2D eigenvalue weighted by atomic mass is 31.1. The third-order valence-corrected chi connectivity index (χ3v) is 8.59. The zero-order chi connectivity index (χ0) is 19.5. The van der Waals surface area contributed by atoms with Crippen molar-refractivity contribution in [2.75, 3.05) is 0 Å². The van der Waals surface area contributed by atoms with E-state index in [0.29, 0.717) is 0 Å². The molecule has 1 aliphatic carbocycles. The zero-order valence-electron chi connectivity index (χ0n) is 10.9. The molecule has 0 spiro atoms. The Labute approximate surface area is 135 Å². The fourth-order valence-electron chi connectivity index (χ4n) is 2.32. The van der Waals surface area contributed by atoms with E-state index < -0.39 is 65.7 Å². The van der Waals surface area contributed by atoms with E-state index in [1.54, 1.807) is 0 Å². The van der Waals surface area contributed by atoms with Gasteiger partial charge in [0.25, 0.3) is 0 Å². The van der Waals surface area contributed by atoms with Gasteiger partial charge in [-0.15, -0.1) is 0 Å². The maximum atomic E-state index is 11.3. The molecule has 0 aliphatic heterocycles. The molecule has 0 saturated heterocycles. The quantitative estimate of drug-likeness (QED) is 0.227. The van der Waals surface area contributed by atoms with E-state index in [1.165, 1.54) is 0 Å². The molecule has 24 heavy (non-hydrogen) atoms. The van der Waals surface area contributed by atoms with Gasteiger partial charge in [0.2, 0.25) is 12.2 Å². The van der Waals surface area contributed by atoms with Crippen LogP contribution < -0.4 is 19.6 Å². The van der Waals surface area contributed by atoms with E-state index in [-0.39, 0.29) is 0 Å². The molecule has 136 valence electrons. The van der Waals surface area contributed by atoms with Crippen molar-refractivity contribution in [1.29, 1.82) is 0 Å². The largest absolute Gasteiger partial charge is 0.593 e. The highest BCUT2D eigenvalue weighted by Gasteiger charge is 2.98. The molecule has 0 amide bonds. The molecule has 18 heteroatoms. The van der Waals surface area contributed by atoms with Crippen molar-refractivity contribution in [2.24, 2.45) is 0 Å². The van der Waals surface area contributed by atoms with Gasteiger partial charge in [-0.3, -0.25) is 0 Å². The van der Waals surface area contributed by atoms with Gasteiger partial charge in [-0.25, -0.2) is 0 Å². The standard InChI is InChI=1S/C6H8O14P4/c7-1-3(9,21(13)14)2(8)5(11,23(17)18)6(12,24(19)20)4(1,10)22(15)16/h1-2,7-12H/t1-,2-,3?,4-,5-,6?/m0/s1. The van der Waals surface area contributed by atoms with Crippen LogP contribution >= 0.6 is 32.1 Å². The summed E-state index contributed by atoms with van der Waals surface area (Å²) in [5, 5.41) is 40.8. The Morgan fingerprint density at radius 3 is 1.08 bits per heavy atom. The van der Waals surface area contributed by atoms with Crippen molar-refractivity contribution >= 4 is 32.1 Å². The number of hydrogen-bond acceptors (Lipinski definition) is 14. The van der Waals surface area contributed by atoms with Crippen LogP contribution in [0, 0.1) is 0 Å². The summed E-state index contributed by atoms with van der Waals surface area (Å²) in [6.07, 6.45) is -7.37. The normalized spacial score (nSPS) is 48.6. The molecule has 8 atom stereocenters. The first kappa shape index (κ1) is 22.0. The highest BCUT2D eigenvalue weighted by molar-refractivity contribution is 7.47. The lowest BCUT2D eigenvalue weighted by atomic mass is 9.82. The molecule has 0 aromatic rings. The molecule has 0 bridgehead atoms. The van der Waals surface area contributed by atoms with Crippen molar-refractivity contribution in [2.45, 2.75) is 33.6 Å². The second-order valence-electron chi connectivity index (χ2n) is 4.74. The fraction of sp³-hybridized carbons (Fsp3) is 1.00. The molecule has 4 unspecified atom stereocenters. The minimum absolute atomic E-state index is 3.68. The zero-order valence-corrected chi connectivity index (χ0v) is 14.5. The van der Waals surface area contributed by atoms with Gasteiger partial charge >= 0.3 is 53.5 Å². The van der Waals surface area contributed by atoms with Crippen molar-refractivity contribution in [1.82, 2.24) is 0 Å². The molecule has 0 aromatic carbocycles. The first-order chi connectivity index (χ1) is 10.6. The lowest BCUT2D eigenvalue weighted by Crippen LogP contribution is -2.84. The van der Waals surface area contributed by atoms with Crippen LogP contribution in [-0.2, 0) is 18.3 Å². The van der Waals surface area contributed by atoms with E-state index >= 15 is 0 Å². The topological polar surface area (TPSA) is 282 Å². The van der Waals surface area contributed by atoms with Crippen LogP contribution in [0.15, 0.2) is 0 Å². The molecule has 0 heterocycles. The Hall–Kier alpha value is -0.0000000000000000971. The van der Waals surface area contributed by atoms with Gasteiger partial charge in [-0.2, -0.15) is 0 Å². The smallest absolute Gasteiger partial charge is 0.415 e. The van der Waals surface area contributed by atoms with Crippen molar-refractivity contribution in [3.05, 3.63) is 0 Å². The molecule has 6 N–H and O–H groups in total. The Bertz CT molecular complexity index is 601. The lowest BCUT2D eigenvalue weighted by molar-refractivity contribution is -0.325. The van der Waals surface area contributed by atoms with Gasteiger partial charge in [-0.1, -0.05) is 18.3 Å². The van der Waals surface area contributed by atoms with Crippen LogP contribution in [0.2, 0.25) is 0 Å². The molecule has 1 fully saturated rings. The van der Waals surface area contributed by atoms with E-state index in [9.17, 15) is 68.5 Å². The number of hydrogen-bond donors (Lipinski definition) is 6. The van der Waals surface area contributed by atoms with E-state index in [2.05, 4.69) is 0 Å². The van der Waals surface area contributed by atoms with Gasteiger partial charge in [0, 0.05) is 0 Å². The lowest BCUT2D eigenvalue weighted by Gasteiger charge is -2.47. The van der Waals surface area contributed by atoms with Crippen molar-refractivity contribution in [3.8, 4) is 0 Å². The number of aliphatic hydroxyl groups excluding tert-OH is 2. The summed E-state index contributed by atoms with van der Waals surface area (Å²) in [4.78, 5) is 44.9. The monoisotopic (exact) mass is 428 g/mol. The average molecular weight is 428 g/mol. The predicted octanol–water partition coefficient (Wildman–Crippen LogP) is -6.11. The Morgan fingerprint density at radius 1 is 0.625 bits per heavy atom. The van der Waals surface area contributed by atoms with Crippen molar-refractivity contribution < 1.29 is 68.5 Å². The predicted molar refractivity (Wildman–Crippen MR) is 62.2 cm³/mol. The SMILES string of the molecule is O=[P+]([O-])C1(O)[C@H](O)[C@](O)([P+](=O)[O-])C(O)([P+](=O)[O-])[C@@](O)([P+](=O)[O-])[C@H]1O. The minimum Gasteiger partial charge on any atom is -0.593 e. The molecule has 1 rings (SSSR count). The molecule has 0 radical (unpaired) electrons. The summed E-state index contributed by atoms with van der Waals surface area (Å²) in [6.45, 7) is 0. The van der Waals surface area contributed by atoms with Crippen LogP contribution in [0.3, 0.4) is 0 Å². The minimum atomic E-state index is -4.90. The van der Waals surface area contributed by atoms with E-state index in [4.69, 9.17) is 0 Å². The summed E-state index contributed by atoms with van der Waals surface area (Å²) >= 11 is 0. The molecule has 1 aliphatic rings. The Balaban J connectivity index is 4.09. The van der Waals surface area contributed by atoms with Crippen LogP contribution in [0.1, 0.15) is 0 Å². The first-order valence-electron chi connectivity index (χ1n) is 5.42. The summed E-state index contributed by atoms with van der Waals surface area (Å²) in [6, 6.07) is 0. The molecular formula is C6H8O14P4. The molecule has 14 nitrogen and oxygen atoms in total. The van der Waals surface area contributed by atoms with Crippen LogP contribution in [-0.4, -0.2) is 64.2 Å². The second-order valence-corrected chi connectivity index (χ2v) is 9.53. The van der Waals surface area contributed by atoms with Crippen LogP contribution in [0.5, 0.6) is 0 Å². The van der Waals surface area contributed by atoms with Gasteiger partial charge in [0.1, 0.15) is 0 Å². The third-order valence-electron chi connectivity index (χ3n) is 3.71. The first-order valence-corrected chi connectivity index (χ1v) is 10.1. The van der Waals surface area contributed by atoms with Gasteiger partial charge < -0.3 is 50.2 Å².